The van der Waals surface area contributed by atoms with Gasteiger partial charge >= 0.3 is 0 Å². The van der Waals surface area contributed by atoms with Gasteiger partial charge in [0.2, 0.25) is 0 Å². The van der Waals surface area contributed by atoms with Gasteiger partial charge in [0.15, 0.2) is 0 Å². The van der Waals surface area contributed by atoms with E-state index in [-0.39, 0.29) is 4.75 Å². The minimum Gasteiger partial charge on any atom is -0.387 e. The van der Waals surface area contributed by atoms with Gasteiger partial charge in [-0.3, -0.25) is 0 Å². The lowest BCUT2D eigenvalue weighted by Crippen LogP contribution is -2.33. The van der Waals surface area contributed by atoms with Gasteiger partial charge < -0.3 is 9.67 Å². The Morgan fingerprint density at radius 1 is 1.47 bits per heavy atom. The van der Waals surface area contributed by atoms with Crippen LogP contribution in [-0.4, -0.2) is 19.4 Å². The van der Waals surface area contributed by atoms with Crippen LogP contribution in [-0.2, 0) is 6.54 Å². The first-order valence-electron chi connectivity index (χ1n) is 6.28. The molecule has 4 heteroatoms. The van der Waals surface area contributed by atoms with E-state index >= 15 is 0 Å². The van der Waals surface area contributed by atoms with Crippen LogP contribution in [0, 0.1) is 0 Å². The Morgan fingerprint density at radius 3 is 3.00 bits per heavy atom. The molecular formula is C15H16N2OS. The van der Waals surface area contributed by atoms with Crippen molar-refractivity contribution in [1.29, 1.82) is 0 Å². The Morgan fingerprint density at radius 2 is 2.32 bits per heavy atom. The van der Waals surface area contributed by atoms with Crippen molar-refractivity contribution in [2.45, 2.75) is 28.7 Å². The predicted molar refractivity (Wildman–Crippen MR) is 77.0 cm³/mol. The molecule has 2 atom stereocenters. The lowest BCUT2D eigenvalue weighted by Gasteiger charge is -2.31. The summed E-state index contributed by atoms with van der Waals surface area (Å²) in [5.41, 5.74) is 1.02. The van der Waals surface area contributed by atoms with Gasteiger partial charge in [-0.1, -0.05) is 24.3 Å². The average molecular weight is 272 g/mol. The highest BCUT2D eigenvalue weighted by Crippen LogP contribution is 2.54. The number of thioether (sulfide) groups is 1. The van der Waals surface area contributed by atoms with Gasteiger partial charge in [-0.15, -0.1) is 18.3 Å². The summed E-state index contributed by atoms with van der Waals surface area (Å²) in [6, 6.07) is 8.07. The molecule has 1 N–H and O–H groups in total. The van der Waals surface area contributed by atoms with Crippen LogP contribution in [0.4, 0.5) is 0 Å². The van der Waals surface area contributed by atoms with E-state index in [1.165, 1.54) is 0 Å². The molecule has 0 bridgehead atoms. The lowest BCUT2D eigenvalue weighted by molar-refractivity contribution is 0.123. The maximum Gasteiger partial charge on any atom is 0.0971 e. The van der Waals surface area contributed by atoms with Crippen molar-refractivity contribution in [3.8, 4) is 0 Å². The fourth-order valence-corrected chi connectivity index (χ4v) is 4.16. The molecule has 0 unspecified atom stereocenters. The smallest absolute Gasteiger partial charge is 0.0971 e. The molecule has 2 aromatic rings. The molecule has 0 spiro atoms. The van der Waals surface area contributed by atoms with Crippen LogP contribution < -0.4 is 0 Å². The first-order chi connectivity index (χ1) is 9.25. The maximum absolute atomic E-state index is 10.7. The predicted octanol–water partition coefficient (Wildman–Crippen LogP) is 3.04. The molecule has 0 radical (unpaired) electrons. The third kappa shape index (κ3) is 2.11. The number of hydrogen-bond acceptors (Lipinski definition) is 3. The van der Waals surface area contributed by atoms with E-state index < -0.39 is 6.10 Å². The molecule has 0 saturated carbocycles. The zero-order chi connectivity index (χ0) is 13.3. The van der Waals surface area contributed by atoms with E-state index in [9.17, 15) is 5.11 Å². The van der Waals surface area contributed by atoms with Crippen molar-refractivity contribution >= 4 is 11.8 Å². The number of aromatic nitrogens is 2. The highest BCUT2D eigenvalue weighted by molar-refractivity contribution is 8.01. The molecule has 2 heterocycles. The van der Waals surface area contributed by atoms with E-state index in [0.717, 1.165) is 23.4 Å². The van der Waals surface area contributed by atoms with Crippen LogP contribution in [0.3, 0.4) is 0 Å². The van der Waals surface area contributed by atoms with Crippen LogP contribution in [0.15, 0.2) is 60.5 Å². The minimum atomic E-state index is -0.478. The van der Waals surface area contributed by atoms with Crippen molar-refractivity contribution < 1.29 is 5.11 Å². The zero-order valence-corrected chi connectivity index (χ0v) is 11.4. The molecule has 1 aromatic heterocycles. The largest absolute Gasteiger partial charge is 0.387 e. The van der Waals surface area contributed by atoms with Gasteiger partial charge in [0.25, 0.3) is 0 Å². The number of rotatable bonds is 4. The number of benzene rings is 1. The summed E-state index contributed by atoms with van der Waals surface area (Å²) in [7, 11) is 0. The molecule has 19 heavy (non-hydrogen) atoms. The van der Waals surface area contributed by atoms with E-state index in [1.807, 2.05) is 35.0 Å². The molecule has 0 fully saturated rings. The molecule has 0 amide bonds. The third-order valence-electron chi connectivity index (χ3n) is 3.52. The Bertz CT molecular complexity index is 578. The molecule has 1 aliphatic heterocycles. The van der Waals surface area contributed by atoms with Gasteiger partial charge in [-0.2, -0.15) is 0 Å². The lowest BCUT2D eigenvalue weighted by atomic mass is 9.92. The first kappa shape index (κ1) is 12.5. The summed E-state index contributed by atoms with van der Waals surface area (Å²) >= 11 is 1.74. The zero-order valence-electron chi connectivity index (χ0n) is 10.6. The minimum absolute atomic E-state index is 0.286. The van der Waals surface area contributed by atoms with Crippen molar-refractivity contribution in [1.82, 2.24) is 9.55 Å². The number of nitrogens with zero attached hydrogens (tertiary/aromatic N) is 2. The number of imidazole rings is 1. The average Bonchev–Trinajstić information content (AvgIpc) is 2.99. The van der Waals surface area contributed by atoms with E-state index in [4.69, 9.17) is 0 Å². The van der Waals surface area contributed by atoms with Crippen LogP contribution >= 0.6 is 11.8 Å². The van der Waals surface area contributed by atoms with Crippen molar-refractivity contribution in [3.05, 3.63) is 61.2 Å². The fourth-order valence-electron chi connectivity index (χ4n) is 2.63. The fraction of sp³-hybridized carbons (Fsp3) is 0.267. The number of aliphatic hydroxyl groups excluding tert-OH is 1. The molecule has 3 nitrogen and oxygen atoms in total. The second kappa shape index (κ2) is 4.87. The molecule has 1 aromatic carbocycles. The Hall–Kier alpha value is -1.52. The number of fused-ring (bicyclic) bond motifs is 1. The SMILES string of the molecule is C=CC[C@@]1(Cn2ccnc2)Sc2ccccc2[C@@H]1O. The van der Waals surface area contributed by atoms with Crippen molar-refractivity contribution in [2.24, 2.45) is 0 Å². The van der Waals surface area contributed by atoms with Gasteiger partial charge in [-0.25, -0.2) is 4.98 Å². The highest BCUT2D eigenvalue weighted by atomic mass is 32.2. The summed E-state index contributed by atoms with van der Waals surface area (Å²) < 4.78 is 1.73. The quantitative estimate of drug-likeness (QED) is 0.869. The maximum atomic E-state index is 10.7. The Kier molecular flexibility index (Phi) is 3.21. The summed E-state index contributed by atoms with van der Waals surface area (Å²) in [6.45, 7) is 4.57. The summed E-state index contributed by atoms with van der Waals surface area (Å²) in [5, 5.41) is 10.7. The van der Waals surface area contributed by atoms with E-state index in [2.05, 4.69) is 17.6 Å². The van der Waals surface area contributed by atoms with Crippen molar-refractivity contribution in [3.63, 3.8) is 0 Å². The standard InChI is InChI=1S/C15H16N2OS/c1-2-7-15(10-17-9-8-16-11-17)14(18)12-5-3-4-6-13(12)19-15/h2-6,8-9,11,14,18H,1,7,10H2/t14-,15-/m0/s1. The van der Waals surface area contributed by atoms with Gasteiger partial charge in [0, 0.05) is 23.8 Å². The molecular weight excluding hydrogens is 256 g/mol. The van der Waals surface area contributed by atoms with Crippen LogP contribution in [0.25, 0.3) is 0 Å². The molecule has 0 saturated heterocycles. The highest BCUT2D eigenvalue weighted by Gasteiger charge is 2.45. The Labute approximate surface area is 117 Å². The summed E-state index contributed by atoms with van der Waals surface area (Å²) in [6.07, 6.45) is 7.65. The van der Waals surface area contributed by atoms with Gasteiger partial charge in [0.1, 0.15) is 0 Å². The normalized spacial score (nSPS) is 25.2. The Balaban J connectivity index is 1.97. The van der Waals surface area contributed by atoms with Crippen molar-refractivity contribution in [2.75, 3.05) is 0 Å². The van der Waals surface area contributed by atoms with Crippen LogP contribution in [0.2, 0.25) is 0 Å². The van der Waals surface area contributed by atoms with E-state index in [0.29, 0.717) is 0 Å². The number of aliphatic hydroxyl groups is 1. The van der Waals surface area contributed by atoms with Gasteiger partial charge in [-0.05, 0) is 18.1 Å². The third-order valence-corrected chi connectivity index (χ3v) is 5.04. The molecule has 3 rings (SSSR count). The molecule has 98 valence electrons. The summed E-state index contributed by atoms with van der Waals surface area (Å²) in [4.78, 5) is 5.24. The monoisotopic (exact) mass is 272 g/mol. The van der Waals surface area contributed by atoms with Crippen LogP contribution in [0.5, 0.6) is 0 Å². The topological polar surface area (TPSA) is 38.0 Å². The summed E-state index contributed by atoms with van der Waals surface area (Å²) in [5.74, 6) is 0. The number of allylic oxidation sites excluding steroid dienone is 1. The molecule has 1 aliphatic rings. The van der Waals surface area contributed by atoms with E-state index in [1.54, 1.807) is 24.3 Å². The molecule has 0 aliphatic carbocycles. The second-order valence-corrected chi connectivity index (χ2v) is 6.29. The van der Waals surface area contributed by atoms with Crippen LogP contribution in [0.1, 0.15) is 18.1 Å². The first-order valence-corrected chi connectivity index (χ1v) is 7.09. The van der Waals surface area contributed by atoms with Gasteiger partial charge in [0.05, 0.1) is 17.2 Å². The second-order valence-electron chi connectivity index (χ2n) is 4.84. The number of hydrogen-bond donors (Lipinski definition) is 1.